The number of carbonyl (C=O) groups is 2. The van der Waals surface area contributed by atoms with E-state index in [0.717, 1.165) is 23.2 Å². The van der Waals surface area contributed by atoms with Crippen molar-refractivity contribution in [1.82, 2.24) is 9.88 Å². The molecule has 1 heterocycles. The number of aldehydes is 2. The molecule has 0 radical (unpaired) electrons. The van der Waals surface area contributed by atoms with Crippen molar-refractivity contribution in [2.24, 2.45) is 0 Å². The van der Waals surface area contributed by atoms with Gasteiger partial charge in [-0.05, 0) is 62.7 Å². The van der Waals surface area contributed by atoms with E-state index in [9.17, 15) is 9.59 Å². The summed E-state index contributed by atoms with van der Waals surface area (Å²) in [5, 5.41) is 3.38. The first-order valence-electron chi connectivity index (χ1n) is 11.5. The molecule has 0 bridgehead atoms. The minimum absolute atomic E-state index is 0.309. The lowest BCUT2D eigenvalue weighted by atomic mass is 10.0. The van der Waals surface area contributed by atoms with Gasteiger partial charge in [-0.2, -0.15) is 0 Å². The van der Waals surface area contributed by atoms with Crippen LogP contribution in [0.25, 0.3) is 0 Å². The van der Waals surface area contributed by atoms with Gasteiger partial charge in [-0.3, -0.25) is 9.59 Å². The molecule has 0 saturated heterocycles. The van der Waals surface area contributed by atoms with Crippen LogP contribution in [0.3, 0.4) is 0 Å². The smallest absolute Gasteiger partial charge is 0.219 e. The van der Waals surface area contributed by atoms with Crippen molar-refractivity contribution in [3.63, 3.8) is 0 Å². The Balaban J connectivity index is 1.84. The van der Waals surface area contributed by atoms with Gasteiger partial charge < -0.3 is 15.0 Å². The predicted molar refractivity (Wildman–Crippen MR) is 140 cm³/mol. The Hall–Kier alpha value is -4.19. The third-order valence-electron chi connectivity index (χ3n) is 5.52. The Kier molecular flexibility index (Phi) is 8.95. The molecule has 6 nitrogen and oxygen atoms in total. The Morgan fingerprint density at radius 3 is 2.37 bits per heavy atom. The molecule has 2 aromatic carbocycles. The zero-order valence-electron chi connectivity index (χ0n) is 20.6. The van der Waals surface area contributed by atoms with Gasteiger partial charge in [0.2, 0.25) is 5.88 Å². The number of carbonyl (C=O) groups excluding carboxylic acids is 2. The van der Waals surface area contributed by atoms with E-state index in [0.29, 0.717) is 41.6 Å². The van der Waals surface area contributed by atoms with Crippen LogP contribution in [0.1, 0.15) is 35.5 Å². The van der Waals surface area contributed by atoms with E-state index < -0.39 is 0 Å². The number of aryl methyl sites for hydroxylation is 1. The second-order valence-electron chi connectivity index (χ2n) is 8.56. The Morgan fingerprint density at radius 1 is 1.03 bits per heavy atom. The molecule has 1 N–H and O–H groups in total. The summed E-state index contributed by atoms with van der Waals surface area (Å²) in [5.41, 5.74) is 4.74. The average Bonchev–Trinajstić information content (AvgIpc) is 2.87. The summed E-state index contributed by atoms with van der Waals surface area (Å²) in [6.45, 7) is 6.25. The molecule has 3 aromatic rings. The van der Waals surface area contributed by atoms with Crippen LogP contribution in [0.5, 0.6) is 11.6 Å². The van der Waals surface area contributed by atoms with E-state index in [-0.39, 0.29) is 0 Å². The van der Waals surface area contributed by atoms with Gasteiger partial charge in [-0.15, -0.1) is 0 Å². The highest BCUT2D eigenvalue weighted by Crippen LogP contribution is 2.23. The highest BCUT2D eigenvalue weighted by Gasteiger charge is 2.08. The highest BCUT2D eigenvalue weighted by molar-refractivity contribution is 5.78. The standard InChI is InChI=1S/C29H31N3O3/c1-21(2)32(4)17-16-28(24(19-33)18-23-10-8-22(3)9-11-23)30-25-12-14-27(15-13-25)35-29-7-5-6-26(20-34)31-29/h5-17,19-21,30H,18H2,1-4H3/b17-16?,28-24+. The first kappa shape index (κ1) is 25.4. The van der Waals surface area contributed by atoms with Gasteiger partial charge in [-0.1, -0.05) is 35.9 Å². The minimum Gasteiger partial charge on any atom is -0.439 e. The fraction of sp³-hybridized carbons (Fsp3) is 0.207. The molecule has 3 rings (SSSR count). The van der Waals surface area contributed by atoms with Gasteiger partial charge in [0.25, 0.3) is 0 Å². The number of ether oxygens (including phenoxy) is 1. The van der Waals surface area contributed by atoms with Crippen molar-refractivity contribution >= 4 is 18.3 Å². The fourth-order valence-corrected chi connectivity index (χ4v) is 3.16. The van der Waals surface area contributed by atoms with Gasteiger partial charge in [0.05, 0.1) is 0 Å². The Labute approximate surface area is 207 Å². The van der Waals surface area contributed by atoms with Crippen LogP contribution in [-0.2, 0) is 11.2 Å². The lowest BCUT2D eigenvalue weighted by Gasteiger charge is -2.19. The maximum Gasteiger partial charge on any atom is 0.219 e. The summed E-state index contributed by atoms with van der Waals surface area (Å²) in [5.74, 6) is 0.930. The molecule has 0 spiro atoms. The van der Waals surface area contributed by atoms with Crippen LogP contribution < -0.4 is 10.1 Å². The first-order valence-corrected chi connectivity index (χ1v) is 11.5. The molecular weight excluding hydrogens is 438 g/mol. The first-order chi connectivity index (χ1) is 16.9. The number of rotatable bonds is 11. The third-order valence-corrected chi connectivity index (χ3v) is 5.52. The number of hydrogen-bond donors (Lipinski definition) is 1. The third kappa shape index (κ3) is 7.67. The molecule has 0 fully saturated rings. The van der Waals surface area contributed by atoms with E-state index in [2.05, 4.69) is 29.0 Å². The predicted octanol–water partition coefficient (Wildman–Crippen LogP) is 5.96. The van der Waals surface area contributed by atoms with Gasteiger partial charge >= 0.3 is 0 Å². The molecule has 35 heavy (non-hydrogen) atoms. The highest BCUT2D eigenvalue weighted by atomic mass is 16.5. The number of allylic oxidation sites excluding steroid dienone is 2. The van der Waals surface area contributed by atoms with Gasteiger partial charge in [0.1, 0.15) is 17.7 Å². The number of aromatic nitrogens is 1. The van der Waals surface area contributed by atoms with Crippen molar-refractivity contribution in [1.29, 1.82) is 0 Å². The molecular formula is C29H31N3O3. The van der Waals surface area contributed by atoms with Crippen molar-refractivity contribution in [3.05, 3.63) is 107 Å². The van der Waals surface area contributed by atoms with Crippen LogP contribution in [0, 0.1) is 6.92 Å². The summed E-state index contributed by atoms with van der Waals surface area (Å²) in [6, 6.07) is 20.9. The zero-order chi connectivity index (χ0) is 25.2. The van der Waals surface area contributed by atoms with Crippen LogP contribution in [0.15, 0.2) is 90.3 Å². The second kappa shape index (κ2) is 12.3. The number of nitrogens with one attached hydrogen (secondary N) is 1. The monoisotopic (exact) mass is 469 g/mol. The number of pyridine rings is 1. The average molecular weight is 470 g/mol. The molecule has 6 heteroatoms. The Bertz CT molecular complexity index is 1200. The molecule has 0 aliphatic rings. The molecule has 0 aliphatic carbocycles. The largest absolute Gasteiger partial charge is 0.439 e. The molecule has 0 aliphatic heterocycles. The van der Waals surface area contributed by atoms with Crippen LogP contribution in [0.2, 0.25) is 0 Å². The van der Waals surface area contributed by atoms with E-state index in [1.807, 2.05) is 62.6 Å². The van der Waals surface area contributed by atoms with Gasteiger partial charge in [0.15, 0.2) is 6.29 Å². The number of hydrogen-bond acceptors (Lipinski definition) is 6. The molecule has 0 amide bonds. The quantitative estimate of drug-likeness (QED) is 0.212. The van der Waals surface area contributed by atoms with E-state index in [4.69, 9.17) is 4.74 Å². The molecule has 0 saturated carbocycles. The molecule has 0 unspecified atom stereocenters. The van der Waals surface area contributed by atoms with Crippen molar-refractivity contribution in [2.75, 3.05) is 12.4 Å². The molecule has 0 atom stereocenters. The van der Waals surface area contributed by atoms with Crippen molar-refractivity contribution < 1.29 is 14.3 Å². The summed E-state index contributed by atoms with van der Waals surface area (Å²) < 4.78 is 5.76. The Morgan fingerprint density at radius 2 is 1.74 bits per heavy atom. The molecule has 180 valence electrons. The number of benzene rings is 2. The SMILES string of the molecule is Cc1ccc(C/C(C=O)=C(/C=CN(C)C(C)C)Nc2ccc(Oc3cccc(C=O)n3)cc2)cc1. The van der Waals surface area contributed by atoms with E-state index in [1.54, 1.807) is 30.3 Å². The summed E-state index contributed by atoms with van der Waals surface area (Å²) >= 11 is 0. The zero-order valence-corrected chi connectivity index (χ0v) is 20.6. The van der Waals surface area contributed by atoms with E-state index in [1.165, 1.54) is 5.56 Å². The van der Waals surface area contributed by atoms with Gasteiger partial charge in [0, 0.05) is 48.7 Å². The van der Waals surface area contributed by atoms with Crippen LogP contribution >= 0.6 is 0 Å². The maximum atomic E-state index is 12.1. The van der Waals surface area contributed by atoms with Crippen molar-refractivity contribution in [2.45, 2.75) is 33.2 Å². The summed E-state index contributed by atoms with van der Waals surface area (Å²) in [4.78, 5) is 29.2. The maximum absolute atomic E-state index is 12.1. The summed E-state index contributed by atoms with van der Waals surface area (Å²) in [7, 11) is 2.00. The normalized spacial score (nSPS) is 11.8. The second-order valence-corrected chi connectivity index (χ2v) is 8.56. The van der Waals surface area contributed by atoms with Crippen molar-refractivity contribution in [3.8, 4) is 11.6 Å². The minimum atomic E-state index is 0.309. The number of anilines is 1. The fourth-order valence-electron chi connectivity index (χ4n) is 3.16. The van der Waals surface area contributed by atoms with Crippen LogP contribution in [0.4, 0.5) is 5.69 Å². The molecule has 1 aromatic heterocycles. The topological polar surface area (TPSA) is 71.5 Å². The van der Waals surface area contributed by atoms with Crippen LogP contribution in [-0.4, -0.2) is 35.5 Å². The number of nitrogens with zero attached hydrogens (tertiary/aromatic N) is 2. The lowest BCUT2D eigenvalue weighted by Crippen LogP contribution is -2.20. The van der Waals surface area contributed by atoms with E-state index >= 15 is 0 Å². The lowest BCUT2D eigenvalue weighted by molar-refractivity contribution is -0.105. The van der Waals surface area contributed by atoms with Gasteiger partial charge in [-0.25, -0.2) is 4.98 Å². The summed E-state index contributed by atoms with van der Waals surface area (Å²) in [6.07, 6.45) is 6.00.